The third kappa shape index (κ3) is 54.0. The number of ether oxygens (including phenoxy) is 3. The summed E-state index contributed by atoms with van der Waals surface area (Å²) in [4.78, 5) is 25.5. The van der Waals surface area contributed by atoms with Gasteiger partial charge in [-0.25, -0.2) is 0 Å². The Balaban J connectivity index is 4.31. The Kier molecular flexibility index (Phi) is 54.4. The van der Waals surface area contributed by atoms with Crippen LogP contribution in [0, 0.1) is 0 Å². The number of esters is 2. The van der Waals surface area contributed by atoms with Gasteiger partial charge in [-0.2, -0.15) is 0 Å². The molecule has 0 bridgehead atoms. The fourth-order valence-electron chi connectivity index (χ4n) is 7.96. The van der Waals surface area contributed by atoms with E-state index >= 15 is 0 Å². The Labute approximate surface area is 410 Å². The van der Waals surface area contributed by atoms with Crippen molar-refractivity contribution in [2.24, 2.45) is 0 Å². The largest absolute Gasteiger partial charge is 0.462 e. The molecule has 0 heterocycles. The highest BCUT2D eigenvalue weighted by atomic mass is 16.6. The summed E-state index contributed by atoms with van der Waals surface area (Å²) in [7, 11) is 0. The van der Waals surface area contributed by atoms with Gasteiger partial charge in [0.15, 0.2) is 6.10 Å². The van der Waals surface area contributed by atoms with Gasteiger partial charge in [-0.1, -0.05) is 229 Å². The first-order valence-electron chi connectivity index (χ1n) is 28.5. The maximum absolute atomic E-state index is 12.8. The van der Waals surface area contributed by atoms with Crippen molar-refractivity contribution in [3.05, 3.63) is 72.9 Å². The Morgan fingerprint density at radius 1 is 0.348 bits per heavy atom. The zero-order valence-electron chi connectivity index (χ0n) is 44.0. The van der Waals surface area contributed by atoms with E-state index in [-0.39, 0.29) is 25.2 Å². The molecule has 0 aliphatic heterocycles. The van der Waals surface area contributed by atoms with Gasteiger partial charge in [0.25, 0.3) is 0 Å². The summed E-state index contributed by atoms with van der Waals surface area (Å²) in [5.74, 6) is -0.419. The molecular weight excluding hydrogens is 813 g/mol. The van der Waals surface area contributed by atoms with E-state index in [1.807, 2.05) is 0 Å². The SMILES string of the molecule is CC/C=C\C/C=C\C/C=C\C/C=C\CCCCCCCCC(=O)OCC(COCCCCCCCC/C=C\CCCCCCCC)OC(=O)CCCCCCC/C=C\CCCCCCCC. The number of rotatable bonds is 52. The van der Waals surface area contributed by atoms with E-state index in [0.717, 1.165) is 89.9 Å². The molecule has 0 spiro atoms. The van der Waals surface area contributed by atoms with Gasteiger partial charge in [0.2, 0.25) is 0 Å². The lowest BCUT2D eigenvalue weighted by atomic mass is 10.1. The molecule has 0 rings (SSSR count). The third-order valence-electron chi connectivity index (χ3n) is 12.2. The van der Waals surface area contributed by atoms with Crippen molar-refractivity contribution in [1.82, 2.24) is 0 Å². The van der Waals surface area contributed by atoms with Crippen LogP contribution in [0.15, 0.2) is 72.9 Å². The number of unbranched alkanes of at least 4 members (excludes halogenated alkanes) is 29. The molecule has 0 N–H and O–H groups in total. The van der Waals surface area contributed by atoms with Crippen LogP contribution < -0.4 is 0 Å². The molecule has 382 valence electrons. The summed E-state index contributed by atoms with van der Waals surface area (Å²) in [6.45, 7) is 7.70. The zero-order valence-corrected chi connectivity index (χ0v) is 44.0. The average molecular weight is 922 g/mol. The standard InChI is InChI=1S/C61H108O5/c1-4-7-10-13-16-19-22-25-28-30-31-32-34-36-39-42-45-48-51-54-60(62)65-58-59(57-64-56-53-50-47-44-41-38-35-29-26-23-20-17-14-11-8-5-2)66-61(63)55-52-49-46-43-40-37-33-27-24-21-18-15-12-9-6-3/h7,10,16,19,25-29,31-33,59H,4-6,8-9,11-15,17-18,20-24,30,34-58H2,1-3H3/b10-7-,19-16-,28-25-,29-26-,32-31-,33-27-. The van der Waals surface area contributed by atoms with E-state index in [1.54, 1.807) is 0 Å². The van der Waals surface area contributed by atoms with Crippen LogP contribution in [-0.2, 0) is 23.8 Å². The number of carbonyl (C=O) groups is 2. The molecule has 0 aromatic rings. The normalized spacial score (nSPS) is 12.7. The van der Waals surface area contributed by atoms with Crippen LogP contribution in [0.3, 0.4) is 0 Å². The van der Waals surface area contributed by atoms with Crippen LogP contribution in [0.25, 0.3) is 0 Å². The summed E-state index contributed by atoms with van der Waals surface area (Å²) in [5.41, 5.74) is 0. The first kappa shape index (κ1) is 63.3. The fourth-order valence-corrected chi connectivity index (χ4v) is 7.96. The second-order valence-electron chi connectivity index (χ2n) is 18.8. The topological polar surface area (TPSA) is 61.8 Å². The third-order valence-corrected chi connectivity index (χ3v) is 12.2. The molecule has 0 aliphatic carbocycles. The number of hydrogen-bond acceptors (Lipinski definition) is 5. The average Bonchev–Trinajstić information content (AvgIpc) is 3.32. The Bertz CT molecular complexity index is 1180. The lowest BCUT2D eigenvalue weighted by Crippen LogP contribution is -2.30. The molecule has 0 amide bonds. The maximum Gasteiger partial charge on any atom is 0.306 e. The van der Waals surface area contributed by atoms with Gasteiger partial charge >= 0.3 is 11.9 Å². The monoisotopic (exact) mass is 921 g/mol. The Hall–Kier alpha value is -2.66. The van der Waals surface area contributed by atoms with Crippen molar-refractivity contribution in [3.63, 3.8) is 0 Å². The molecule has 1 atom stereocenters. The van der Waals surface area contributed by atoms with Gasteiger partial charge in [0.05, 0.1) is 6.61 Å². The predicted octanol–water partition coefficient (Wildman–Crippen LogP) is 19.5. The van der Waals surface area contributed by atoms with Crippen LogP contribution in [0.2, 0.25) is 0 Å². The number of carbonyl (C=O) groups excluding carboxylic acids is 2. The predicted molar refractivity (Wildman–Crippen MR) is 288 cm³/mol. The minimum atomic E-state index is -0.552. The summed E-state index contributed by atoms with van der Waals surface area (Å²) < 4.78 is 17.5. The molecule has 5 heteroatoms. The van der Waals surface area contributed by atoms with E-state index in [0.29, 0.717) is 19.4 Å². The molecule has 1 unspecified atom stereocenters. The molecule has 66 heavy (non-hydrogen) atoms. The van der Waals surface area contributed by atoms with Crippen molar-refractivity contribution < 1.29 is 23.8 Å². The molecule has 0 saturated heterocycles. The minimum absolute atomic E-state index is 0.0711. The van der Waals surface area contributed by atoms with E-state index in [4.69, 9.17) is 14.2 Å². The van der Waals surface area contributed by atoms with Crippen LogP contribution in [0.4, 0.5) is 0 Å². The second kappa shape index (κ2) is 56.7. The molecule has 0 fully saturated rings. The highest BCUT2D eigenvalue weighted by molar-refractivity contribution is 5.70. The first-order chi connectivity index (χ1) is 32.6. The summed E-state index contributed by atoms with van der Waals surface area (Å²) in [6.07, 6.45) is 73.4. The fraction of sp³-hybridized carbons (Fsp3) is 0.770. The van der Waals surface area contributed by atoms with Crippen LogP contribution >= 0.6 is 0 Å². The molecule has 0 aliphatic rings. The number of allylic oxidation sites excluding steroid dienone is 12. The van der Waals surface area contributed by atoms with Crippen molar-refractivity contribution in [2.75, 3.05) is 19.8 Å². The maximum atomic E-state index is 12.8. The van der Waals surface area contributed by atoms with E-state index < -0.39 is 6.10 Å². The van der Waals surface area contributed by atoms with Gasteiger partial charge in [0.1, 0.15) is 6.61 Å². The first-order valence-corrected chi connectivity index (χ1v) is 28.5. The highest BCUT2D eigenvalue weighted by Crippen LogP contribution is 2.14. The summed E-state index contributed by atoms with van der Waals surface area (Å²) >= 11 is 0. The molecule has 0 aromatic heterocycles. The zero-order chi connectivity index (χ0) is 47.7. The summed E-state index contributed by atoms with van der Waals surface area (Å²) in [6, 6.07) is 0. The van der Waals surface area contributed by atoms with Gasteiger partial charge < -0.3 is 14.2 Å². The second-order valence-corrected chi connectivity index (χ2v) is 18.8. The Morgan fingerprint density at radius 3 is 1.11 bits per heavy atom. The molecular formula is C61H108O5. The van der Waals surface area contributed by atoms with Gasteiger partial charge in [-0.3, -0.25) is 9.59 Å². The quantitative estimate of drug-likeness (QED) is 0.0346. The van der Waals surface area contributed by atoms with Crippen molar-refractivity contribution in [2.45, 2.75) is 284 Å². The van der Waals surface area contributed by atoms with Gasteiger partial charge in [-0.05, 0) is 109 Å². The van der Waals surface area contributed by atoms with Crippen LogP contribution in [-0.4, -0.2) is 37.9 Å². The van der Waals surface area contributed by atoms with Crippen molar-refractivity contribution in [3.8, 4) is 0 Å². The molecule has 0 aromatic carbocycles. The highest BCUT2D eigenvalue weighted by Gasteiger charge is 2.17. The Morgan fingerprint density at radius 2 is 0.682 bits per heavy atom. The van der Waals surface area contributed by atoms with Crippen molar-refractivity contribution >= 4 is 11.9 Å². The summed E-state index contributed by atoms with van der Waals surface area (Å²) in [5, 5.41) is 0. The van der Waals surface area contributed by atoms with Gasteiger partial charge in [0, 0.05) is 19.4 Å². The smallest absolute Gasteiger partial charge is 0.306 e. The van der Waals surface area contributed by atoms with E-state index in [9.17, 15) is 9.59 Å². The van der Waals surface area contributed by atoms with Crippen LogP contribution in [0.1, 0.15) is 278 Å². The van der Waals surface area contributed by atoms with Gasteiger partial charge in [-0.15, -0.1) is 0 Å². The number of hydrogen-bond donors (Lipinski definition) is 0. The van der Waals surface area contributed by atoms with E-state index in [2.05, 4.69) is 93.7 Å². The van der Waals surface area contributed by atoms with Crippen molar-refractivity contribution in [1.29, 1.82) is 0 Å². The molecule has 5 nitrogen and oxygen atoms in total. The van der Waals surface area contributed by atoms with E-state index in [1.165, 1.54) is 154 Å². The molecule has 0 saturated carbocycles. The lowest BCUT2D eigenvalue weighted by molar-refractivity contribution is -0.163. The minimum Gasteiger partial charge on any atom is -0.462 e. The molecule has 0 radical (unpaired) electrons. The lowest BCUT2D eigenvalue weighted by Gasteiger charge is -2.18. The van der Waals surface area contributed by atoms with Crippen LogP contribution in [0.5, 0.6) is 0 Å².